The summed E-state index contributed by atoms with van der Waals surface area (Å²) in [7, 11) is 0. The molecule has 0 aliphatic heterocycles. The largest absolute Gasteiger partial charge is 0.416 e. The van der Waals surface area contributed by atoms with Crippen molar-refractivity contribution in [1.82, 2.24) is 4.90 Å². The summed E-state index contributed by atoms with van der Waals surface area (Å²) in [6.07, 6.45) is -4.30. The first kappa shape index (κ1) is 26.7. The van der Waals surface area contributed by atoms with Crippen LogP contribution in [0.1, 0.15) is 58.9 Å². The van der Waals surface area contributed by atoms with E-state index in [0.717, 1.165) is 22.3 Å². The minimum Gasteiger partial charge on any atom is -0.334 e. The molecule has 35 heavy (non-hydrogen) atoms. The molecule has 3 aromatic carbocycles. The zero-order chi connectivity index (χ0) is 26.0. The Labute approximate surface area is 208 Å². The number of carbonyl (C=O) groups excluding carboxylic acids is 1. The van der Waals surface area contributed by atoms with Crippen LogP contribution in [0.4, 0.5) is 17.6 Å². The van der Waals surface area contributed by atoms with Gasteiger partial charge in [-0.05, 0) is 47.6 Å². The van der Waals surface area contributed by atoms with Crippen molar-refractivity contribution in [3.63, 3.8) is 0 Å². The van der Waals surface area contributed by atoms with Gasteiger partial charge >= 0.3 is 6.18 Å². The molecule has 2 nitrogen and oxygen atoms in total. The van der Waals surface area contributed by atoms with E-state index < -0.39 is 34.1 Å². The van der Waals surface area contributed by atoms with E-state index in [-0.39, 0.29) is 18.5 Å². The molecule has 0 aromatic heterocycles. The highest BCUT2D eigenvalue weighted by molar-refractivity contribution is 6.31. The maximum Gasteiger partial charge on any atom is 0.416 e. The van der Waals surface area contributed by atoms with Crippen molar-refractivity contribution >= 4 is 17.5 Å². The Bertz CT molecular complexity index is 1180. The number of alkyl halides is 3. The Balaban J connectivity index is 1.95. The second-order valence-corrected chi connectivity index (χ2v) is 10.1. The molecule has 0 aliphatic carbocycles. The monoisotopic (exact) mass is 505 g/mol. The molecule has 0 radical (unpaired) electrons. The molecule has 0 fully saturated rings. The Hall–Kier alpha value is -2.86. The molecule has 0 bridgehead atoms. The predicted molar refractivity (Wildman–Crippen MR) is 131 cm³/mol. The highest BCUT2D eigenvalue weighted by Gasteiger charge is 2.34. The molecule has 0 aliphatic rings. The summed E-state index contributed by atoms with van der Waals surface area (Å²) in [5.74, 6) is -2.00. The van der Waals surface area contributed by atoms with Crippen molar-refractivity contribution in [3.8, 4) is 0 Å². The van der Waals surface area contributed by atoms with Crippen molar-refractivity contribution in [2.24, 2.45) is 0 Å². The average Bonchev–Trinajstić information content (AvgIpc) is 2.78. The smallest absolute Gasteiger partial charge is 0.334 e. The van der Waals surface area contributed by atoms with E-state index in [1.54, 1.807) is 0 Å². The molecular formula is C28H28ClF4NO. The number of halogens is 5. The zero-order valence-electron chi connectivity index (χ0n) is 20.1. The first-order valence-corrected chi connectivity index (χ1v) is 11.6. The van der Waals surface area contributed by atoms with E-state index in [0.29, 0.717) is 18.6 Å². The van der Waals surface area contributed by atoms with Gasteiger partial charge in [0, 0.05) is 13.1 Å². The average molecular weight is 506 g/mol. The van der Waals surface area contributed by atoms with Crippen LogP contribution in [0.15, 0.2) is 60.7 Å². The highest BCUT2D eigenvalue weighted by Crippen LogP contribution is 2.34. The van der Waals surface area contributed by atoms with Gasteiger partial charge in [0.15, 0.2) is 5.82 Å². The second kappa shape index (κ2) is 10.4. The zero-order valence-corrected chi connectivity index (χ0v) is 20.9. The maximum atomic E-state index is 14.8. The molecule has 0 unspecified atom stereocenters. The number of carbonyl (C=O) groups is 1. The highest BCUT2D eigenvalue weighted by atomic mass is 35.5. The van der Waals surface area contributed by atoms with Crippen LogP contribution < -0.4 is 0 Å². The molecule has 3 rings (SSSR count). The number of benzene rings is 3. The molecule has 0 N–H and O–H groups in total. The van der Waals surface area contributed by atoms with Crippen molar-refractivity contribution < 1.29 is 22.4 Å². The molecule has 1 amide bonds. The molecule has 0 saturated heterocycles. The van der Waals surface area contributed by atoms with Gasteiger partial charge < -0.3 is 4.90 Å². The van der Waals surface area contributed by atoms with Crippen LogP contribution in [-0.2, 0) is 24.6 Å². The lowest BCUT2D eigenvalue weighted by Gasteiger charge is -2.25. The van der Waals surface area contributed by atoms with Crippen molar-refractivity contribution in [3.05, 3.63) is 105 Å². The molecule has 0 saturated carbocycles. The number of rotatable bonds is 6. The summed E-state index contributed by atoms with van der Waals surface area (Å²) in [6, 6.07) is 16.4. The van der Waals surface area contributed by atoms with Crippen molar-refractivity contribution in [2.75, 3.05) is 6.54 Å². The first-order chi connectivity index (χ1) is 16.3. The molecule has 0 heterocycles. The first-order valence-electron chi connectivity index (χ1n) is 11.3. The van der Waals surface area contributed by atoms with Crippen LogP contribution in [0, 0.1) is 12.7 Å². The predicted octanol–water partition coefficient (Wildman–Crippen LogP) is 7.99. The standard InChI is InChI=1S/C28H28ClF4NO/c1-18-5-7-19(8-6-18)13-14-34(17-20-9-11-21(12-10-20)27(2,3)4)26(35)23-15-22(28(31,32)33)16-24(29)25(23)30/h5-12,15-16H,13-14,17H2,1-4H3. The minimum absolute atomic E-state index is 0.0581. The molecule has 0 atom stereocenters. The summed E-state index contributed by atoms with van der Waals surface area (Å²) < 4.78 is 54.7. The molecule has 0 spiro atoms. The van der Waals surface area contributed by atoms with Crippen molar-refractivity contribution in [1.29, 1.82) is 0 Å². The molecular weight excluding hydrogens is 478 g/mol. The number of amides is 1. The van der Waals surface area contributed by atoms with E-state index >= 15 is 0 Å². The van der Waals surface area contributed by atoms with Gasteiger partial charge in [0.05, 0.1) is 16.1 Å². The fourth-order valence-electron chi connectivity index (χ4n) is 3.68. The molecule has 7 heteroatoms. The third-order valence-corrected chi connectivity index (χ3v) is 6.13. The summed E-state index contributed by atoms with van der Waals surface area (Å²) in [5.41, 5.74) is 2.01. The number of nitrogens with zero attached hydrogens (tertiary/aromatic N) is 1. The number of hydrogen-bond acceptors (Lipinski definition) is 1. The molecule has 186 valence electrons. The van der Waals surface area contributed by atoms with Gasteiger partial charge in [-0.25, -0.2) is 4.39 Å². The lowest BCUT2D eigenvalue weighted by molar-refractivity contribution is -0.137. The van der Waals surface area contributed by atoms with Gasteiger partial charge in [-0.3, -0.25) is 4.79 Å². The summed E-state index contributed by atoms with van der Waals surface area (Å²) in [5, 5.41) is -0.740. The summed E-state index contributed by atoms with van der Waals surface area (Å²) in [4.78, 5) is 14.7. The van der Waals surface area contributed by atoms with Gasteiger partial charge in [-0.2, -0.15) is 13.2 Å². The fourth-order valence-corrected chi connectivity index (χ4v) is 3.90. The van der Waals surface area contributed by atoms with E-state index in [1.165, 1.54) is 4.90 Å². The van der Waals surface area contributed by atoms with E-state index in [9.17, 15) is 22.4 Å². The third-order valence-electron chi connectivity index (χ3n) is 5.86. The van der Waals surface area contributed by atoms with Gasteiger partial charge in [-0.15, -0.1) is 0 Å². The van der Waals surface area contributed by atoms with Crippen LogP contribution in [0.25, 0.3) is 0 Å². The summed E-state index contributed by atoms with van der Waals surface area (Å²) >= 11 is 5.74. The third kappa shape index (κ3) is 6.85. The van der Waals surface area contributed by atoms with Crippen LogP contribution in [0.2, 0.25) is 5.02 Å². The van der Waals surface area contributed by atoms with Gasteiger partial charge in [-0.1, -0.05) is 86.5 Å². The van der Waals surface area contributed by atoms with Crippen LogP contribution >= 0.6 is 11.6 Å². The lowest BCUT2D eigenvalue weighted by Crippen LogP contribution is -2.33. The Kier molecular flexibility index (Phi) is 7.95. The van der Waals surface area contributed by atoms with Crippen molar-refractivity contribution in [2.45, 2.75) is 52.3 Å². The van der Waals surface area contributed by atoms with Crippen LogP contribution in [0.5, 0.6) is 0 Å². The lowest BCUT2D eigenvalue weighted by atomic mass is 9.87. The van der Waals surface area contributed by atoms with E-state index in [1.807, 2.05) is 55.5 Å². The topological polar surface area (TPSA) is 20.3 Å². The Morgan fingerprint density at radius 2 is 1.46 bits per heavy atom. The van der Waals surface area contributed by atoms with Gasteiger partial charge in [0.2, 0.25) is 0 Å². The second-order valence-electron chi connectivity index (χ2n) is 9.73. The Morgan fingerprint density at radius 3 is 2.00 bits per heavy atom. The number of aryl methyl sites for hydroxylation is 1. The fraction of sp³-hybridized carbons (Fsp3) is 0.321. The molecule has 3 aromatic rings. The van der Waals surface area contributed by atoms with Gasteiger partial charge in [0.1, 0.15) is 0 Å². The quantitative estimate of drug-likeness (QED) is 0.311. The Morgan fingerprint density at radius 1 is 0.886 bits per heavy atom. The minimum atomic E-state index is -4.76. The summed E-state index contributed by atoms with van der Waals surface area (Å²) in [6.45, 7) is 8.51. The number of hydrogen-bond donors (Lipinski definition) is 0. The van der Waals surface area contributed by atoms with E-state index in [4.69, 9.17) is 11.6 Å². The maximum absolute atomic E-state index is 14.8. The van der Waals surface area contributed by atoms with Crippen LogP contribution in [0.3, 0.4) is 0 Å². The normalized spacial score (nSPS) is 12.0. The SMILES string of the molecule is Cc1ccc(CCN(Cc2ccc(C(C)(C)C)cc2)C(=O)c2cc(C(F)(F)F)cc(Cl)c2F)cc1. The van der Waals surface area contributed by atoms with E-state index in [2.05, 4.69) is 20.8 Å². The van der Waals surface area contributed by atoms with Gasteiger partial charge in [0.25, 0.3) is 5.91 Å². The van der Waals surface area contributed by atoms with Crippen LogP contribution in [-0.4, -0.2) is 17.4 Å².